The van der Waals surface area contributed by atoms with Gasteiger partial charge >= 0.3 is 0 Å². The van der Waals surface area contributed by atoms with Gasteiger partial charge in [0.05, 0.1) is 11.4 Å². The van der Waals surface area contributed by atoms with E-state index in [1.54, 1.807) is 6.07 Å². The number of hydrazine groups is 1. The molecule has 1 aromatic heterocycles. The summed E-state index contributed by atoms with van der Waals surface area (Å²) >= 11 is 0. The van der Waals surface area contributed by atoms with Crippen molar-refractivity contribution in [3.63, 3.8) is 0 Å². The number of para-hydroxylation sites is 1. The second kappa shape index (κ2) is 7.57. The third kappa shape index (κ3) is 3.83. The van der Waals surface area contributed by atoms with Crippen molar-refractivity contribution in [2.24, 2.45) is 0 Å². The number of hydrogen-bond acceptors (Lipinski definition) is 3. The van der Waals surface area contributed by atoms with Crippen LogP contribution in [0.25, 0.3) is 10.9 Å². The third-order valence-corrected chi connectivity index (χ3v) is 4.06. The number of carbonyl (C=O) groups is 2. The zero-order valence-corrected chi connectivity index (χ0v) is 13.9. The van der Waals surface area contributed by atoms with Gasteiger partial charge in [-0.2, -0.15) is 0 Å². The van der Waals surface area contributed by atoms with E-state index in [1.807, 2.05) is 67.6 Å². The lowest BCUT2D eigenvalue weighted by molar-refractivity contribution is -0.123. The Hall–Kier alpha value is -3.21. The fourth-order valence-corrected chi connectivity index (χ4v) is 2.72. The van der Waals surface area contributed by atoms with Crippen LogP contribution in [0.5, 0.6) is 0 Å². The summed E-state index contributed by atoms with van der Waals surface area (Å²) in [5, 5.41) is 0.957. The number of carbonyl (C=O) groups excluding carboxylic acids is 2. The first kappa shape index (κ1) is 16.6. The topological polar surface area (TPSA) is 71.1 Å². The van der Waals surface area contributed by atoms with Gasteiger partial charge < -0.3 is 0 Å². The maximum Gasteiger partial charge on any atom is 0.288 e. The molecule has 5 heteroatoms. The van der Waals surface area contributed by atoms with Crippen molar-refractivity contribution in [2.45, 2.75) is 19.3 Å². The Morgan fingerprint density at radius 3 is 2.40 bits per heavy atom. The molecule has 0 radical (unpaired) electrons. The van der Waals surface area contributed by atoms with Crippen LogP contribution in [0.15, 0.2) is 66.7 Å². The fraction of sp³-hybridized carbons (Fsp3) is 0.150. The molecule has 0 aliphatic carbocycles. The number of nitrogens with one attached hydrogen (secondary N) is 2. The third-order valence-electron chi connectivity index (χ3n) is 4.06. The molecule has 3 rings (SSSR count). The number of fused-ring (bicyclic) bond motifs is 1. The molecular formula is C20H19N3O2. The smallest absolute Gasteiger partial charge is 0.273 e. The molecule has 0 saturated carbocycles. The molecule has 1 unspecified atom stereocenters. The highest BCUT2D eigenvalue weighted by molar-refractivity contribution is 5.96. The molecule has 2 N–H and O–H groups in total. The molecule has 0 fully saturated rings. The van der Waals surface area contributed by atoms with E-state index in [0.717, 1.165) is 16.5 Å². The number of amides is 2. The first-order chi connectivity index (χ1) is 12.2. The summed E-state index contributed by atoms with van der Waals surface area (Å²) in [6.45, 7) is 1.93. The van der Waals surface area contributed by atoms with Crippen LogP contribution in [-0.2, 0) is 4.79 Å². The summed E-state index contributed by atoms with van der Waals surface area (Å²) in [5.74, 6) is -1.00. The molecule has 2 amide bonds. The van der Waals surface area contributed by atoms with Crippen molar-refractivity contribution < 1.29 is 9.59 Å². The summed E-state index contributed by atoms with van der Waals surface area (Å²) in [7, 11) is 0. The van der Waals surface area contributed by atoms with E-state index in [2.05, 4.69) is 15.8 Å². The number of rotatable bonds is 4. The molecule has 0 aliphatic heterocycles. The molecule has 0 spiro atoms. The lowest BCUT2D eigenvalue weighted by Crippen LogP contribution is -2.44. The van der Waals surface area contributed by atoms with Crippen molar-refractivity contribution >= 4 is 22.7 Å². The maximum absolute atomic E-state index is 12.4. The Labute approximate surface area is 146 Å². The molecule has 0 bridgehead atoms. The quantitative estimate of drug-likeness (QED) is 0.720. The van der Waals surface area contributed by atoms with Crippen LogP contribution >= 0.6 is 0 Å². The summed E-state index contributed by atoms with van der Waals surface area (Å²) in [5.41, 5.74) is 6.85. The van der Waals surface area contributed by atoms with Crippen LogP contribution in [0, 0.1) is 0 Å². The molecule has 0 aliphatic rings. The van der Waals surface area contributed by atoms with E-state index in [1.165, 1.54) is 0 Å². The molecule has 126 valence electrons. The van der Waals surface area contributed by atoms with Gasteiger partial charge in [-0.3, -0.25) is 20.4 Å². The van der Waals surface area contributed by atoms with Crippen molar-refractivity contribution in [1.29, 1.82) is 0 Å². The minimum atomic E-state index is -0.443. The highest BCUT2D eigenvalue weighted by Crippen LogP contribution is 2.18. The first-order valence-corrected chi connectivity index (χ1v) is 8.20. The minimum absolute atomic E-state index is 0.247. The average Bonchev–Trinajstić information content (AvgIpc) is 2.67. The number of hydrogen-bond donors (Lipinski definition) is 2. The molecule has 2 aromatic carbocycles. The summed E-state index contributed by atoms with van der Waals surface area (Å²) < 4.78 is 0. The van der Waals surface area contributed by atoms with Crippen LogP contribution in [-0.4, -0.2) is 16.8 Å². The SMILES string of the molecule is CCC(C(=O)NNC(=O)c1ccc2ccccc2n1)c1ccccc1. The zero-order chi connectivity index (χ0) is 17.6. The Morgan fingerprint density at radius 1 is 0.920 bits per heavy atom. The van der Waals surface area contributed by atoms with Gasteiger partial charge in [-0.15, -0.1) is 0 Å². The van der Waals surface area contributed by atoms with Gasteiger partial charge in [0.1, 0.15) is 5.69 Å². The largest absolute Gasteiger partial charge is 0.288 e. The van der Waals surface area contributed by atoms with Gasteiger partial charge in [-0.1, -0.05) is 61.5 Å². The van der Waals surface area contributed by atoms with Gasteiger partial charge in [-0.25, -0.2) is 4.98 Å². The standard InChI is InChI=1S/C20H19N3O2/c1-2-16(14-8-4-3-5-9-14)19(24)22-23-20(25)18-13-12-15-10-6-7-11-17(15)21-18/h3-13,16H,2H2,1H3,(H,22,24)(H,23,25). The van der Waals surface area contributed by atoms with Gasteiger partial charge in [0.25, 0.3) is 5.91 Å². The van der Waals surface area contributed by atoms with Gasteiger partial charge in [0.2, 0.25) is 5.91 Å². The highest BCUT2D eigenvalue weighted by Gasteiger charge is 2.19. The highest BCUT2D eigenvalue weighted by atomic mass is 16.2. The summed E-state index contributed by atoms with van der Waals surface area (Å²) in [4.78, 5) is 28.9. The summed E-state index contributed by atoms with van der Waals surface area (Å²) in [6, 6.07) is 20.5. The number of aromatic nitrogens is 1. The normalized spacial score (nSPS) is 11.7. The second-order valence-corrected chi connectivity index (χ2v) is 5.70. The Kier molecular flexibility index (Phi) is 5.04. The van der Waals surface area contributed by atoms with Crippen LogP contribution in [0.3, 0.4) is 0 Å². The molecule has 25 heavy (non-hydrogen) atoms. The lowest BCUT2D eigenvalue weighted by atomic mass is 9.96. The monoisotopic (exact) mass is 333 g/mol. The Balaban J connectivity index is 1.67. The predicted molar refractivity (Wildman–Crippen MR) is 96.8 cm³/mol. The Bertz CT molecular complexity index is 894. The van der Waals surface area contributed by atoms with E-state index >= 15 is 0 Å². The summed E-state index contributed by atoms with van der Waals surface area (Å²) in [6.07, 6.45) is 0.639. The van der Waals surface area contributed by atoms with Crippen LogP contribution in [0.4, 0.5) is 0 Å². The van der Waals surface area contributed by atoms with Crippen molar-refractivity contribution in [2.75, 3.05) is 0 Å². The van der Waals surface area contributed by atoms with Gasteiger partial charge in [0.15, 0.2) is 0 Å². The number of pyridine rings is 1. The Morgan fingerprint density at radius 2 is 1.64 bits per heavy atom. The molecule has 3 aromatic rings. The minimum Gasteiger partial charge on any atom is -0.273 e. The molecular weight excluding hydrogens is 314 g/mol. The van der Waals surface area contributed by atoms with Crippen molar-refractivity contribution in [3.8, 4) is 0 Å². The molecule has 1 heterocycles. The van der Waals surface area contributed by atoms with Crippen LogP contribution < -0.4 is 10.9 Å². The van der Waals surface area contributed by atoms with Gasteiger partial charge in [-0.05, 0) is 24.1 Å². The van der Waals surface area contributed by atoms with E-state index in [4.69, 9.17) is 0 Å². The lowest BCUT2D eigenvalue weighted by Gasteiger charge is -2.15. The number of nitrogens with zero attached hydrogens (tertiary/aromatic N) is 1. The zero-order valence-electron chi connectivity index (χ0n) is 13.9. The van der Waals surface area contributed by atoms with E-state index in [0.29, 0.717) is 6.42 Å². The molecule has 0 saturated heterocycles. The average molecular weight is 333 g/mol. The first-order valence-electron chi connectivity index (χ1n) is 8.20. The van der Waals surface area contributed by atoms with Crippen molar-refractivity contribution in [1.82, 2.24) is 15.8 Å². The van der Waals surface area contributed by atoms with E-state index < -0.39 is 5.91 Å². The van der Waals surface area contributed by atoms with Crippen molar-refractivity contribution in [3.05, 3.63) is 78.0 Å². The van der Waals surface area contributed by atoms with E-state index in [-0.39, 0.29) is 17.5 Å². The molecule has 1 atom stereocenters. The van der Waals surface area contributed by atoms with E-state index in [9.17, 15) is 9.59 Å². The number of benzene rings is 2. The molecule has 5 nitrogen and oxygen atoms in total. The second-order valence-electron chi connectivity index (χ2n) is 5.70. The van der Waals surface area contributed by atoms with Crippen LogP contribution in [0.1, 0.15) is 35.3 Å². The van der Waals surface area contributed by atoms with Gasteiger partial charge in [0, 0.05) is 5.39 Å². The predicted octanol–water partition coefficient (Wildman–Crippen LogP) is 3.19. The van der Waals surface area contributed by atoms with Crippen LogP contribution in [0.2, 0.25) is 0 Å². The maximum atomic E-state index is 12.4. The fourth-order valence-electron chi connectivity index (χ4n) is 2.72.